The molecule has 0 saturated carbocycles. The molecule has 1 heterocycles. The molecule has 0 aliphatic carbocycles. The fourth-order valence-corrected chi connectivity index (χ4v) is 2.00. The van der Waals surface area contributed by atoms with Crippen molar-refractivity contribution in [3.05, 3.63) is 29.8 Å². The van der Waals surface area contributed by atoms with E-state index in [4.69, 9.17) is 9.31 Å². The Bertz CT molecular complexity index is 395. The monoisotopic (exact) mass is 233 g/mol. The Balaban J connectivity index is 2.24. The van der Waals surface area contributed by atoms with Crippen molar-refractivity contribution >= 4 is 12.6 Å². The molecule has 92 valence electrons. The number of rotatable bonds is 3. The molecule has 1 N–H and O–H groups in total. The van der Waals surface area contributed by atoms with Crippen LogP contribution in [0.4, 0.5) is 0 Å². The molecule has 0 aromatic heterocycles. The molecule has 0 radical (unpaired) electrons. The zero-order valence-corrected chi connectivity index (χ0v) is 11.0. The van der Waals surface area contributed by atoms with Crippen LogP contribution in [0, 0.1) is 0 Å². The molecule has 3 nitrogen and oxygen atoms in total. The average molecular weight is 233 g/mol. The largest absolute Gasteiger partial charge is 0.494 e. The van der Waals surface area contributed by atoms with Gasteiger partial charge in [-0.25, -0.2) is 0 Å². The Kier molecular flexibility index (Phi) is 3.57. The molecule has 2 rings (SSSR count). The molecule has 1 aromatic rings. The quantitative estimate of drug-likeness (QED) is 0.798. The number of hydrogen-bond acceptors (Lipinski definition) is 3. The summed E-state index contributed by atoms with van der Waals surface area (Å²) in [4.78, 5) is 0. The van der Waals surface area contributed by atoms with Crippen LogP contribution in [-0.4, -0.2) is 25.9 Å². The van der Waals surface area contributed by atoms with E-state index >= 15 is 0 Å². The third-order valence-electron chi connectivity index (χ3n) is 3.39. The molecule has 1 fully saturated rings. The second kappa shape index (κ2) is 4.80. The van der Waals surface area contributed by atoms with Gasteiger partial charge in [-0.1, -0.05) is 24.3 Å². The molecule has 0 spiro atoms. The van der Waals surface area contributed by atoms with Crippen LogP contribution in [0.2, 0.25) is 0 Å². The summed E-state index contributed by atoms with van der Waals surface area (Å²) >= 11 is 0. The third-order valence-corrected chi connectivity index (χ3v) is 3.39. The van der Waals surface area contributed by atoms with Crippen molar-refractivity contribution in [2.45, 2.75) is 39.0 Å². The van der Waals surface area contributed by atoms with Crippen LogP contribution in [0.3, 0.4) is 0 Å². The standard InChI is InChI=1S/C13H20BNO2/c1-10-13(2,3)17-14(16-10)12-8-6-5-7-11(12)9-15-4/h5-8,10,15H,9H2,1-4H3. The topological polar surface area (TPSA) is 30.5 Å². The molecular weight excluding hydrogens is 213 g/mol. The van der Waals surface area contributed by atoms with Gasteiger partial charge in [0.2, 0.25) is 0 Å². The van der Waals surface area contributed by atoms with Gasteiger partial charge in [-0.2, -0.15) is 0 Å². The minimum atomic E-state index is -0.246. The molecule has 0 bridgehead atoms. The number of hydrogen-bond donors (Lipinski definition) is 1. The molecule has 1 aliphatic rings. The summed E-state index contributed by atoms with van der Waals surface area (Å²) in [5, 5.41) is 3.17. The Morgan fingerprint density at radius 3 is 2.65 bits per heavy atom. The maximum absolute atomic E-state index is 5.98. The van der Waals surface area contributed by atoms with E-state index in [2.05, 4.69) is 38.2 Å². The molecule has 4 heteroatoms. The first-order chi connectivity index (χ1) is 8.04. The van der Waals surface area contributed by atoms with E-state index < -0.39 is 0 Å². The second-order valence-corrected chi connectivity index (χ2v) is 5.06. The summed E-state index contributed by atoms with van der Waals surface area (Å²) in [5.74, 6) is 0. The van der Waals surface area contributed by atoms with Crippen molar-refractivity contribution in [1.29, 1.82) is 0 Å². The van der Waals surface area contributed by atoms with E-state index in [0.29, 0.717) is 0 Å². The van der Waals surface area contributed by atoms with Crippen molar-refractivity contribution in [3.63, 3.8) is 0 Å². The summed E-state index contributed by atoms with van der Waals surface area (Å²) in [6.45, 7) is 7.02. The summed E-state index contributed by atoms with van der Waals surface area (Å²) in [7, 11) is 1.70. The normalized spacial score (nSPS) is 23.1. The van der Waals surface area contributed by atoms with Crippen LogP contribution >= 0.6 is 0 Å². The van der Waals surface area contributed by atoms with Crippen LogP contribution < -0.4 is 10.8 Å². The van der Waals surface area contributed by atoms with Gasteiger partial charge in [-0.05, 0) is 38.8 Å². The van der Waals surface area contributed by atoms with E-state index in [-0.39, 0.29) is 18.8 Å². The first-order valence-electron chi connectivity index (χ1n) is 6.10. The fourth-order valence-electron chi connectivity index (χ4n) is 2.00. The van der Waals surface area contributed by atoms with E-state index in [1.807, 2.05) is 19.2 Å². The van der Waals surface area contributed by atoms with Crippen molar-refractivity contribution in [3.8, 4) is 0 Å². The lowest BCUT2D eigenvalue weighted by Gasteiger charge is -2.21. The van der Waals surface area contributed by atoms with E-state index in [0.717, 1.165) is 12.0 Å². The molecule has 1 unspecified atom stereocenters. The van der Waals surface area contributed by atoms with Crippen molar-refractivity contribution < 1.29 is 9.31 Å². The van der Waals surface area contributed by atoms with Crippen LogP contribution in [0.1, 0.15) is 26.3 Å². The van der Waals surface area contributed by atoms with Gasteiger partial charge >= 0.3 is 7.12 Å². The SMILES string of the molecule is CNCc1ccccc1B1OC(C)C(C)(C)O1. The van der Waals surface area contributed by atoms with Crippen LogP contribution in [0.5, 0.6) is 0 Å². The Morgan fingerprint density at radius 2 is 2.06 bits per heavy atom. The lowest BCUT2D eigenvalue weighted by atomic mass is 9.76. The van der Waals surface area contributed by atoms with Crippen LogP contribution in [-0.2, 0) is 15.9 Å². The van der Waals surface area contributed by atoms with Gasteiger partial charge in [0.15, 0.2) is 0 Å². The summed E-state index contributed by atoms with van der Waals surface area (Å²) in [6.07, 6.45) is 0.107. The number of benzene rings is 1. The average Bonchev–Trinajstić information content (AvgIpc) is 2.55. The van der Waals surface area contributed by atoms with E-state index in [9.17, 15) is 0 Å². The zero-order chi connectivity index (χ0) is 12.5. The summed E-state index contributed by atoms with van der Waals surface area (Å²) in [6, 6.07) is 8.25. The molecule has 1 aliphatic heterocycles. The van der Waals surface area contributed by atoms with Gasteiger partial charge in [0.1, 0.15) is 0 Å². The second-order valence-electron chi connectivity index (χ2n) is 5.06. The smallest absolute Gasteiger partial charge is 0.402 e. The van der Waals surface area contributed by atoms with Gasteiger partial charge in [-0.3, -0.25) is 0 Å². The Hall–Kier alpha value is -0.835. The van der Waals surface area contributed by atoms with Gasteiger partial charge in [0.05, 0.1) is 11.7 Å². The minimum absolute atomic E-state index is 0.107. The lowest BCUT2D eigenvalue weighted by Crippen LogP contribution is -2.37. The summed E-state index contributed by atoms with van der Waals surface area (Å²) < 4.78 is 11.9. The van der Waals surface area contributed by atoms with Gasteiger partial charge in [-0.15, -0.1) is 0 Å². The Morgan fingerprint density at radius 1 is 1.35 bits per heavy atom. The predicted octanol–water partition coefficient (Wildman–Crippen LogP) is 1.32. The third kappa shape index (κ3) is 2.54. The lowest BCUT2D eigenvalue weighted by molar-refractivity contribution is 0.0842. The van der Waals surface area contributed by atoms with E-state index in [1.165, 1.54) is 5.56 Å². The van der Waals surface area contributed by atoms with Crippen LogP contribution in [0.15, 0.2) is 24.3 Å². The predicted molar refractivity (Wildman–Crippen MR) is 70.3 cm³/mol. The molecule has 1 saturated heterocycles. The maximum Gasteiger partial charge on any atom is 0.494 e. The first-order valence-corrected chi connectivity index (χ1v) is 6.10. The zero-order valence-electron chi connectivity index (χ0n) is 11.0. The highest BCUT2D eigenvalue weighted by Gasteiger charge is 2.44. The molecular formula is C13H20BNO2. The van der Waals surface area contributed by atoms with Crippen LogP contribution in [0.25, 0.3) is 0 Å². The van der Waals surface area contributed by atoms with Crippen molar-refractivity contribution in [1.82, 2.24) is 5.32 Å². The first kappa shape index (κ1) is 12.6. The highest BCUT2D eigenvalue weighted by molar-refractivity contribution is 6.62. The maximum atomic E-state index is 5.98. The fraction of sp³-hybridized carbons (Fsp3) is 0.538. The van der Waals surface area contributed by atoms with Gasteiger partial charge in [0, 0.05) is 6.54 Å². The molecule has 1 aromatic carbocycles. The number of nitrogens with one attached hydrogen (secondary N) is 1. The van der Waals surface area contributed by atoms with E-state index in [1.54, 1.807) is 0 Å². The highest BCUT2D eigenvalue weighted by Crippen LogP contribution is 2.27. The van der Waals surface area contributed by atoms with Crippen molar-refractivity contribution in [2.24, 2.45) is 0 Å². The molecule has 1 atom stereocenters. The Labute approximate surface area is 104 Å². The van der Waals surface area contributed by atoms with Crippen molar-refractivity contribution in [2.75, 3.05) is 7.05 Å². The minimum Gasteiger partial charge on any atom is -0.402 e. The summed E-state index contributed by atoms with van der Waals surface area (Å²) in [5.41, 5.74) is 2.13. The molecule has 0 amide bonds. The highest BCUT2D eigenvalue weighted by atomic mass is 16.7. The van der Waals surface area contributed by atoms with Gasteiger partial charge < -0.3 is 14.6 Å². The molecule has 17 heavy (non-hydrogen) atoms. The van der Waals surface area contributed by atoms with Gasteiger partial charge in [0.25, 0.3) is 0 Å².